The number of benzene rings is 1. The van der Waals surface area contributed by atoms with Gasteiger partial charge in [0.25, 0.3) is 5.91 Å². The fourth-order valence-electron chi connectivity index (χ4n) is 6.95. The van der Waals surface area contributed by atoms with Gasteiger partial charge in [-0.05, 0) is 74.5 Å². The molecule has 4 atom stereocenters. The molecule has 0 aromatic heterocycles. The minimum atomic E-state index is -0.788. The van der Waals surface area contributed by atoms with Crippen molar-refractivity contribution in [3.8, 4) is 0 Å². The highest BCUT2D eigenvalue weighted by molar-refractivity contribution is 5.97. The van der Waals surface area contributed by atoms with E-state index in [9.17, 15) is 14.4 Å². The van der Waals surface area contributed by atoms with Gasteiger partial charge in [0.1, 0.15) is 0 Å². The molecule has 1 aromatic carbocycles. The number of carboxylic acids is 1. The molecule has 0 spiro atoms. The van der Waals surface area contributed by atoms with E-state index in [1.54, 1.807) is 29.2 Å². The molecule has 1 saturated heterocycles. The van der Waals surface area contributed by atoms with Gasteiger partial charge in [-0.25, -0.2) is 4.79 Å². The molecule has 0 radical (unpaired) electrons. The van der Waals surface area contributed by atoms with Crippen molar-refractivity contribution in [2.75, 3.05) is 18.4 Å². The van der Waals surface area contributed by atoms with Gasteiger partial charge in [0.15, 0.2) is 0 Å². The topological polar surface area (TPSA) is 98.7 Å². The van der Waals surface area contributed by atoms with E-state index in [2.05, 4.69) is 10.6 Å². The number of fused-ring (bicyclic) bond motifs is 2. The van der Waals surface area contributed by atoms with Crippen molar-refractivity contribution in [1.29, 1.82) is 0 Å². The van der Waals surface area contributed by atoms with Crippen molar-refractivity contribution in [2.24, 2.45) is 23.7 Å². The van der Waals surface area contributed by atoms with Gasteiger partial charge in [0.2, 0.25) is 0 Å². The van der Waals surface area contributed by atoms with Crippen LogP contribution in [0.25, 0.3) is 0 Å². The van der Waals surface area contributed by atoms with Crippen molar-refractivity contribution in [1.82, 2.24) is 10.2 Å². The number of likely N-dealkylation sites (tertiary alicyclic amines) is 1. The van der Waals surface area contributed by atoms with Crippen LogP contribution in [0.1, 0.15) is 68.1 Å². The van der Waals surface area contributed by atoms with Crippen LogP contribution in [0.4, 0.5) is 10.5 Å². The molecule has 7 nitrogen and oxygen atoms in total. The van der Waals surface area contributed by atoms with Gasteiger partial charge in [-0.3, -0.25) is 9.59 Å². The van der Waals surface area contributed by atoms with Crippen LogP contribution in [0.3, 0.4) is 0 Å². The van der Waals surface area contributed by atoms with Crippen LogP contribution in [-0.2, 0) is 4.79 Å². The highest BCUT2D eigenvalue weighted by atomic mass is 16.4. The summed E-state index contributed by atoms with van der Waals surface area (Å²) in [5, 5.41) is 15.4. The number of urea groups is 1. The van der Waals surface area contributed by atoms with Gasteiger partial charge in [0, 0.05) is 29.9 Å². The maximum absolute atomic E-state index is 12.9. The number of nitrogens with zero attached hydrogens (tertiary/aromatic N) is 1. The average Bonchev–Trinajstić information content (AvgIpc) is 2.92. The molecule has 4 unspecified atom stereocenters. The Bertz CT molecular complexity index is 906. The zero-order valence-corrected chi connectivity index (χ0v) is 18.5. The molecule has 1 aromatic rings. The molecular weight excluding hydrogens is 406 g/mol. The van der Waals surface area contributed by atoms with Gasteiger partial charge >= 0.3 is 12.0 Å². The Labute approximate surface area is 188 Å². The molecule has 1 aliphatic heterocycles. The van der Waals surface area contributed by atoms with Crippen molar-refractivity contribution < 1.29 is 19.5 Å². The zero-order chi connectivity index (χ0) is 22.3. The lowest BCUT2D eigenvalue weighted by Crippen LogP contribution is -2.51. The molecule has 3 N–H and O–H groups in total. The van der Waals surface area contributed by atoms with Crippen molar-refractivity contribution in [2.45, 2.75) is 63.3 Å². The third-order valence-corrected chi connectivity index (χ3v) is 8.35. The second-order valence-corrected chi connectivity index (χ2v) is 10.5. The lowest BCUT2D eigenvalue weighted by molar-refractivity contribution is -0.143. The number of carbonyl (C=O) groups is 3. The van der Waals surface area contributed by atoms with Gasteiger partial charge in [0.05, 0.1) is 5.92 Å². The molecule has 1 heterocycles. The summed E-state index contributed by atoms with van der Waals surface area (Å²) >= 11 is 0. The highest BCUT2D eigenvalue weighted by Crippen LogP contribution is 2.55. The Morgan fingerprint density at radius 3 is 2.56 bits per heavy atom. The summed E-state index contributed by atoms with van der Waals surface area (Å²) in [6.07, 6.45) is 9.54. The van der Waals surface area contributed by atoms with E-state index >= 15 is 0 Å². The summed E-state index contributed by atoms with van der Waals surface area (Å²) in [7, 11) is 0. The Kier molecular flexibility index (Phi) is 5.59. The maximum Gasteiger partial charge on any atom is 0.319 e. The minimum Gasteiger partial charge on any atom is -0.481 e. The Morgan fingerprint density at radius 2 is 1.78 bits per heavy atom. The predicted molar refractivity (Wildman–Crippen MR) is 120 cm³/mol. The maximum atomic E-state index is 12.9. The highest BCUT2D eigenvalue weighted by Gasteiger charge is 2.52. The molecule has 5 rings (SSSR count). The molecule has 172 valence electrons. The number of carbonyl (C=O) groups excluding carboxylic acids is 2. The molecule has 7 heteroatoms. The van der Waals surface area contributed by atoms with Crippen LogP contribution >= 0.6 is 0 Å². The lowest BCUT2D eigenvalue weighted by atomic mass is 9.75. The quantitative estimate of drug-likeness (QED) is 0.658. The fourth-order valence-corrected chi connectivity index (χ4v) is 6.95. The Hall–Kier alpha value is -2.57. The van der Waals surface area contributed by atoms with Crippen LogP contribution in [0.15, 0.2) is 24.3 Å². The van der Waals surface area contributed by atoms with E-state index in [4.69, 9.17) is 5.11 Å². The summed E-state index contributed by atoms with van der Waals surface area (Å²) in [5.41, 5.74) is 1.06. The van der Waals surface area contributed by atoms with E-state index < -0.39 is 5.97 Å². The first-order chi connectivity index (χ1) is 15.4. The van der Waals surface area contributed by atoms with E-state index in [1.165, 1.54) is 25.7 Å². The zero-order valence-electron chi connectivity index (χ0n) is 18.5. The largest absolute Gasteiger partial charge is 0.481 e. The number of piperidine rings is 1. The van der Waals surface area contributed by atoms with Crippen LogP contribution in [0.5, 0.6) is 0 Å². The standard InChI is InChI=1S/C25H33N3O4/c29-22(28-9-7-17(8-10-28)23(30)31)18-4-2-6-21(12-18)26-24(32)27-25-13-16-3-1-5-19(14-25)20(11-16)15-25/h2,4,6,12,16-17,19-20H,1,3,5,7-11,13-15H2,(H,30,31)(H2,26,27,32). The monoisotopic (exact) mass is 439 g/mol. The average molecular weight is 440 g/mol. The molecule has 3 amide bonds. The minimum absolute atomic E-state index is 0.0648. The SMILES string of the molecule is O=C(Nc1cccc(C(=O)N2CCC(C(=O)O)CC2)c1)NC12CC3CCCC(C1)C(C3)C2. The smallest absolute Gasteiger partial charge is 0.319 e. The number of rotatable bonds is 4. The summed E-state index contributed by atoms with van der Waals surface area (Å²) in [6, 6.07) is 6.87. The normalized spacial score (nSPS) is 31.8. The van der Waals surface area contributed by atoms with Crippen LogP contribution in [0.2, 0.25) is 0 Å². The summed E-state index contributed by atoms with van der Waals surface area (Å²) in [4.78, 5) is 38.6. The molecule has 3 saturated carbocycles. The molecule has 4 fully saturated rings. The van der Waals surface area contributed by atoms with Crippen molar-refractivity contribution in [3.63, 3.8) is 0 Å². The van der Waals surface area contributed by atoms with Crippen LogP contribution < -0.4 is 10.6 Å². The summed E-state index contributed by atoms with van der Waals surface area (Å²) in [5.74, 6) is 0.994. The number of nitrogens with one attached hydrogen (secondary N) is 2. The number of aliphatic carboxylic acids is 1. The first-order valence-electron chi connectivity index (χ1n) is 12.1. The van der Waals surface area contributed by atoms with Gasteiger partial charge in [-0.15, -0.1) is 0 Å². The molecule has 4 aliphatic rings. The summed E-state index contributed by atoms with van der Waals surface area (Å²) in [6.45, 7) is 0.889. The Morgan fingerprint density at radius 1 is 1.00 bits per heavy atom. The second kappa shape index (κ2) is 8.41. The molecule has 3 bridgehead atoms. The Balaban J connectivity index is 1.20. The third-order valence-electron chi connectivity index (χ3n) is 8.35. The van der Waals surface area contributed by atoms with Gasteiger partial charge < -0.3 is 20.6 Å². The first-order valence-corrected chi connectivity index (χ1v) is 12.1. The fraction of sp³-hybridized carbons (Fsp3) is 0.640. The second-order valence-electron chi connectivity index (χ2n) is 10.5. The number of hydrogen-bond acceptors (Lipinski definition) is 3. The van der Waals surface area contributed by atoms with Gasteiger partial charge in [-0.1, -0.05) is 25.3 Å². The number of carboxylic acid groups (broad SMARTS) is 1. The summed E-state index contributed by atoms with van der Waals surface area (Å²) < 4.78 is 0. The van der Waals surface area contributed by atoms with Gasteiger partial charge in [-0.2, -0.15) is 0 Å². The molecule has 3 aliphatic carbocycles. The van der Waals surface area contributed by atoms with E-state index in [1.807, 2.05) is 0 Å². The van der Waals surface area contributed by atoms with E-state index in [0.717, 1.165) is 37.0 Å². The number of anilines is 1. The van der Waals surface area contributed by atoms with E-state index in [-0.39, 0.29) is 23.4 Å². The number of hydrogen-bond donors (Lipinski definition) is 3. The van der Waals surface area contributed by atoms with Crippen molar-refractivity contribution >= 4 is 23.6 Å². The van der Waals surface area contributed by atoms with Crippen LogP contribution in [-0.4, -0.2) is 46.5 Å². The van der Waals surface area contributed by atoms with Crippen LogP contribution in [0, 0.1) is 23.7 Å². The number of amides is 3. The van der Waals surface area contributed by atoms with E-state index in [0.29, 0.717) is 37.2 Å². The van der Waals surface area contributed by atoms with Crippen molar-refractivity contribution in [3.05, 3.63) is 29.8 Å². The molecule has 32 heavy (non-hydrogen) atoms. The third kappa shape index (κ3) is 4.21. The predicted octanol–water partition coefficient (Wildman–Crippen LogP) is 4.10. The lowest BCUT2D eigenvalue weighted by Gasteiger charge is -2.38. The first kappa shape index (κ1) is 21.3. The molecular formula is C25H33N3O4.